The van der Waals surface area contributed by atoms with E-state index in [-0.39, 0.29) is 6.03 Å². The van der Waals surface area contributed by atoms with Crippen LogP contribution < -0.4 is 5.32 Å². The molecule has 5 nitrogen and oxygen atoms in total. The minimum Gasteiger partial charge on any atom is -0.323 e. The highest BCUT2D eigenvalue weighted by Gasteiger charge is 2.29. The summed E-state index contributed by atoms with van der Waals surface area (Å²) in [6.45, 7) is 5.06. The first-order valence-electron chi connectivity index (χ1n) is 11.8. The SMILES string of the molecule is CN(Cc1ccccc1NC(=O)N1CCC[C@H](N2CCCC2)C1)C1CCCCC1. The molecule has 29 heavy (non-hydrogen) atoms. The average molecular weight is 399 g/mol. The molecule has 1 N–H and O–H groups in total. The maximum Gasteiger partial charge on any atom is 0.321 e. The van der Waals surface area contributed by atoms with Crippen LogP contribution in [0.2, 0.25) is 0 Å². The van der Waals surface area contributed by atoms with Gasteiger partial charge in [-0.05, 0) is 70.3 Å². The first kappa shape index (κ1) is 20.7. The Morgan fingerprint density at radius 1 is 1.00 bits per heavy atom. The lowest BCUT2D eigenvalue weighted by Gasteiger charge is -2.37. The van der Waals surface area contributed by atoms with Crippen molar-refractivity contribution in [2.75, 3.05) is 38.5 Å². The minimum atomic E-state index is 0.0710. The maximum atomic E-state index is 13.1. The van der Waals surface area contributed by atoms with Crippen LogP contribution >= 0.6 is 0 Å². The molecular weight excluding hydrogens is 360 g/mol. The molecule has 3 aliphatic rings. The van der Waals surface area contributed by atoms with E-state index in [1.807, 2.05) is 11.0 Å². The molecule has 2 amide bonds. The molecule has 5 heteroatoms. The zero-order valence-electron chi connectivity index (χ0n) is 18.1. The van der Waals surface area contributed by atoms with Crippen molar-refractivity contribution in [2.45, 2.75) is 76.4 Å². The van der Waals surface area contributed by atoms with Gasteiger partial charge in [0.1, 0.15) is 0 Å². The van der Waals surface area contributed by atoms with Crippen molar-refractivity contribution in [3.05, 3.63) is 29.8 Å². The molecule has 0 spiro atoms. The number of nitrogens with one attached hydrogen (secondary N) is 1. The van der Waals surface area contributed by atoms with Gasteiger partial charge in [-0.25, -0.2) is 4.79 Å². The number of amides is 2. The Morgan fingerprint density at radius 2 is 1.76 bits per heavy atom. The van der Waals surface area contributed by atoms with Gasteiger partial charge in [0.25, 0.3) is 0 Å². The van der Waals surface area contributed by atoms with Crippen molar-refractivity contribution in [3.8, 4) is 0 Å². The highest BCUT2D eigenvalue weighted by Crippen LogP contribution is 2.26. The summed E-state index contributed by atoms with van der Waals surface area (Å²) >= 11 is 0. The van der Waals surface area contributed by atoms with Crippen LogP contribution in [-0.2, 0) is 6.54 Å². The lowest BCUT2D eigenvalue weighted by atomic mass is 9.94. The van der Waals surface area contributed by atoms with Gasteiger partial charge in [-0.1, -0.05) is 37.5 Å². The highest BCUT2D eigenvalue weighted by atomic mass is 16.2. The summed E-state index contributed by atoms with van der Waals surface area (Å²) in [5, 5.41) is 3.24. The van der Waals surface area contributed by atoms with Crippen molar-refractivity contribution < 1.29 is 4.79 Å². The summed E-state index contributed by atoms with van der Waals surface area (Å²) in [6.07, 6.45) is 11.6. The molecule has 0 unspecified atom stereocenters. The number of urea groups is 1. The second-order valence-electron chi connectivity index (χ2n) is 9.28. The van der Waals surface area contributed by atoms with Gasteiger partial charge in [-0.3, -0.25) is 9.80 Å². The molecule has 160 valence electrons. The number of hydrogen-bond acceptors (Lipinski definition) is 3. The average Bonchev–Trinajstić information content (AvgIpc) is 3.31. The van der Waals surface area contributed by atoms with Gasteiger partial charge >= 0.3 is 6.03 Å². The Labute approximate surface area is 176 Å². The molecule has 1 aromatic rings. The molecule has 0 aromatic heterocycles. The fourth-order valence-electron chi connectivity index (χ4n) is 5.44. The molecule has 1 saturated carbocycles. The Hall–Kier alpha value is -1.59. The summed E-state index contributed by atoms with van der Waals surface area (Å²) in [4.78, 5) is 20.2. The number of para-hydroxylation sites is 1. The monoisotopic (exact) mass is 398 g/mol. The maximum absolute atomic E-state index is 13.1. The zero-order valence-corrected chi connectivity index (χ0v) is 18.1. The van der Waals surface area contributed by atoms with E-state index >= 15 is 0 Å². The van der Waals surface area contributed by atoms with E-state index in [4.69, 9.17) is 0 Å². The Bertz CT molecular complexity index is 667. The van der Waals surface area contributed by atoms with Gasteiger partial charge in [0.2, 0.25) is 0 Å². The number of anilines is 1. The molecule has 0 radical (unpaired) electrons. The summed E-state index contributed by atoms with van der Waals surface area (Å²) in [7, 11) is 2.24. The van der Waals surface area contributed by atoms with Crippen LogP contribution in [0.4, 0.5) is 10.5 Å². The van der Waals surface area contributed by atoms with Crippen LogP contribution in [0.15, 0.2) is 24.3 Å². The molecule has 3 fully saturated rings. The molecular formula is C24H38N4O. The Kier molecular flexibility index (Phi) is 7.09. The zero-order chi connectivity index (χ0) is 20.1. The molecule has 1 aromatic carbocycles. The molecule has 2 heterocycles. The van der Waals surface area contributed by atoms with Gasteiger partial charge < -0.3 is 10.2 Å². The van der Waals surface area contributed by atoms with E-state index in [9.17, 15) is 4.79 Å². The van der Waals surface area contributed by atoms with Crippen molar-refractivity contribution >= 4 is 11.7 Å². The second-order valence-corrected chi connectivity index (χ2v) is 9.28. The molecule has 4 rings (SSSR count). The topological polar surface area (TPSA) is 38.8 Å². The molecule has 0 bridgehead atoms. The summed E-state index contributed by atoms with van der Waals surface area (Å²) in [6, 6.07) is 9.64. The van der Waals surface area contributed by atoms with Gasteiger partial charge in [-0.2, -0.15) is 0 Å². The van der Waals surface area contributed by atoms with E-state index in [0.717, 1.165) is 31.7 Å². The van der Waals surface area contributed by atoms with Crippen LogP contribution in [0.1, 0.15) is 63.4 Å². The van der Waals surface area contributed by atoms with E-state index in [2.05, 4.69) is 40.4 Å². The van der Waals surface area contributed by atoms with Gasteiger partial charge in [-0.15, -0.1) is 0 Å². The number of piperidine rings is 1. The third-order valence-electron chi connectivity index (χ3n) is 7.22. The minimum absolute atomic E-state index is 0.0710. The first-order chi connectivity index (χ1) is 14.2. The summed E-state index contributed by atoms with van der Waals surface area (Å²) in [5.41, 5.74) is 2.20. The fourth-order valence-corrected chi connectivity index (χ4v) is 5.44. The summed E-state index contributed by atoms with van der Waals surface area (Å²) < 4.78 is 0. The largest absolute Gasteiger partial charge is 0.323 e. The van der Waals surface area contributed by atoms with Crippen LogP contribution in [0, 0.1) is 0 Å². The molecule has 2 saturated heterocycles. The van der Waals surface area contributed by atoms with Gasteiger partial charge in [0.15, 0.2) is 0 Å². The predicted octanol–water partition coefficient (Wildman–Crippen LogP) is 4.54. The van der Waals surface area contributed by atoms with Crippen LogP contribution in [-0.4, -0.2) is 66.0 Å². The first-order valence-corrected chi connectivity index (χ1v) is 11.8. The number of rotatable bonds is 5. The lowest BCUT2D eigenvalue weighted by Crippen LogP contribution is -2.50. The van der Waals surface area contributed by atoms with Crippen molar-refractivity contribution in [3.63, 3.8) is 0 Å². The van der Waals surface area contributed by atoms with Gasteiger partial charge in [0.05, 0.1) is 0 Å². The number of hydrogen-bond donors (Lipinski definition) is 1. The van der Waals surface area contributed by atoms with Gasteiger partial charge in [0, 0.05) is 37.4 Å². The van der Waals surface area contributed by atoms with E-state index in [1.165, 1.54) is 70.0 Å². The summed E-state index contributed by atoms with van der Waals surface area (Å²) in [5.74, 6) is 0. The van der Waals surface area contributed by atoms with Crippen LogP contribution in [0.25, 0.3) is 0 Å². The normalized spacial score (nSPS) is 24.2. The second kappa shape index (κ2) is 9.94. The molecule has 1 atom stereocenters. The highest BCUT2D eigenvalue weighted by molar-refractivity contribution is 5.90. The third-order valence-corrected chi connectivity index (χ3v) is 7.22. The van der Waals surface area contributed by atoms with E-state index in [0.29, 0.717) is 12.1 Å². The fraction of sp³-hybridized carbons (Fsp3) is 0.708. The van der Waals surface area contributed by atoms with E-state index in [1.54, 1.807) is 0 Å². The number of likely N-dealkylation sites (tertiary alicyclic amines) is 2. The molecule has 2 aliphatic heterocycles. The Balaban J connectivity index is 1.36. The number of carbonyl (C=O) groups is 1. The lowest BCUT2D eigenvalue weighted by molar-refractivity contribution is 0.131. The van der Waals surface area contributed by atoms with Crippen molar-refractivity contribution in [2.24, 2.45) is 0 Å². The van der Waals surface area contributed by atoms with Crippen molar-refractivity contribution in [1.82, 2.24) is 14.7 Å². The number of nitrogens with zero attached hydrogens (tertiary/aromatic N) is 3. The molecule has 1 aliphatic carbocycles. The van der Waals surface area contributed by atoms with Crippen LogP contribution in [0.5, 0.6) is 0 Å². The van der Waals surface area contributed by atoms with E-state index < -0.39 is 0 Å². The quantitative estimate of drug-likeness (QED) is 0.791. The Morgan fingerprint density at radius 3 is 2.55 bits per heavy atom. The van der Waals surface area contributed by atoms with Crippen LogP contribution in [0.3, 0.4) is 0 Å². The smallest absolute Gasteiger partial charge is 0.321 e. The number of carbonyl (C=O) groups excluding carboxylic acids is 1. The van der Waals surface area contributed by atoms with Crippen molar-refractivity contribution in [1.29, 1.82) is 0 Å². The standard InChI is InChI=1S/C24H38N4O/c1-26(21-11-3-2-4-12-21)18-20-10-5-6-14-23(20)25-24(29)28-17-9-13-22(19-28)27-15-7-8-16-27/h5-6,10,14,21-22H,2-4,7-9,11-13,15-19H2,1H3,(H,25,29)/t22-/m0/s1. The number of benzene rings is 1. The third kappa shape index (κ3) is 5.32. The predicted molar refractivity (Wildman–Crippen MR) is 119 cm³/mol.